The van der Waals surface area contributed by atoms with E-state index in [1.807, 2.05) is 6.92 Å². The van der Waals surface area contributed by atoms with E-state index in [2.05, 4.69) is 4.98 Å². The number of nitrogens with zero attached hydrogens (tertiary/aromatic N) is 2. The van der Waals surface area contributed by atoms with Crippen LogP contribution >= 0.6 is 0 Å². The van der Waals surface area contributed by atoms with E-state index in [4.69, 9.17) is 5.73 Å². The number of benzene rings is 1. The first-order valence-corrected chi connectivity index (χ1v) is 6.53. The summed E-state index contributed by atoms with van der Waals surface area (Å²) in [6.45, 7) is 2.12. The maximum absolute atomic E-state index is 12.2. The number of nitrogens with two attached hydrogens (primary N) is 1. The van der Waals surface area contributed by atoms with Gasteiger partial charge >= 0.3 is 0 Å². The molecule has 0 radical (unpaired) electrons. The molecule has 0 atom stereocenters. The van der Waals surface area contributed by atoms with E-state index in [1.54, 1.807) is 24.3 Å². The first-order chi connectivity index (χ1) is 8.04. The van der Waals surface area contributed by atoms with Gasteiger partial charge in [-0.05, 0) is 19.1 Å². The second-order valence-corrected chi connectivity index (χ2v) is 5.56. The quantitative estimate of drug-likeness (QED) is 0.878. The van der Waals surface area contributed by atoms with Crippen molar-refractivity contribution in [3.8, 4) is 0 Å². The van der Waals surface area contributed by atoms with Gasteiger partial charge in [-0.15, -0.1) is 0 Å². The number of hydrogen-bond donors (Lipinski definition) is 1. The van der Waals surface area contributed by atoms with E-state index in [0.29, 0.717) is 5.69 Å². The van der Waals surface area contributed by atoms with Crippen LogP contribution in [0.5, 0.6) is 0 Å². The van der Waals surface area contributed by atoms with Crippen LogP contribution in [0.2, 0.25) is 0 Å². The van der Waals surface area contributed by atoms with Crippen molar-refractivity contribution in [3.05, 3.63) is 48.0 Å². The highest BCUT2D eigenvalue weighted by Crippen LogP contribution is 2.14. The van der Waals surface area contributed by atoms with E-state index in [1.165, 1.54) is 12.5 Å². The molecule has 1 heterocycles. The summed E-state index contributed by atoms with van der Waals surface area (Å²) in [5, 5.41) is 0. The van der Waals surface area contributed by atoms with Crippen LogP contribution < -0.4 is 5.73 Å². The third-order valence-corrected chi connectivity index (χ3v) is 4.04. The lowest BCUT2D eigenvalue weighted by molar-refractivity contribution is 0.587. The highest BCUT2D eigenvalue weighted by atomic mass is 32.2. The van der Waals surface area contributed by atoms with Crippen molar-refractivity contribution >= 4 is 10.0 Å². The van der Waals surface area contributed by atoms with E-state index >= 15 is 0 Å². The first kappa shape index (κ1) is 11.8. The van der Waals surface area contributed by atoms with E-state index in [9.17, 15) is 8.42 Å². The van der Waals surface area contributed by atoms with Gasteiger partial charge in [0.15, 0.2) is 0 Å². The van der Waals surface area contributed by atoms with Crippen LogP contribution in [0.1, 0.15) is 11.3 Å². The third kappa shape index (κ3) is 2.22. The molecule has 0 amide bonds. The fourth-order valence-corrected chi connectivity index (χ4v) is 2.57. The lowest BCUT2D eigenvalue weighted by Gasteiger charge is -2.04. The average molecular weight is 251 g/mol. The van der Waals surface area contributed by atoms with Gasteiger partial charge in [0.05, 0.1) is 10.6 Å². The minimum atomic E-state index is -3.55. The van der Waals surface area contributed by atoms with E-state index in [-0.39, 0.29) is 11.4 Å². The predicted octanol–water partition coefficient (Wildman–Crippen LogP) is 0.887. The first-order valence-electron chi connectivity index (χ1n) is 5.09. The standard InChI is InChI=1S/C11H13N3O2S/c1-9-2-4-11(5-3-9)17(15,16)14-7-10(6-12)13-8-14/h2-5,7-8H,6,12H2,1H3. The molecule has 0 saturated carbocycles. The van der Waals surface area contributed by atoms with Gasteiger partial charge in [-0.3, -0.25) is 0 Å². The Kier molecular flexibility index (Phi) is 2.99. The van der Waals surface area contributed by atoms with Crippen molar-refractivity contribution in [2.45, 2.75) is 18.4 Å². The van der Waals surface area contributed by atoms with Crippen molar-refractivity contribution in [2.75, 3.05) is 0 Å². The van der Waals surface area contributed by atoms with Gasteiger partial charge in [-0.25, -0.2) is 17.4 Å². The van der Waals surface area contributed by atoms with Crippen LogP contribution in [-0.4, -0.2) is 17.4 Å². The Bertz CT molecular complexity index is 614. The normalized spacial score (nSPS) is 11.6. The van der Waals surface area contributed by atoms with Gasteiger partial charge in [0.1, 0.15) is 6.33 Å². The van der Waals surface area contributed by atoms with Crippen LogP contribution in [0.25, 0.3) is 0 Å². The molecule has 0 spiro atoms. The van der Waals surface area contributed by atoms with Gasteiger partial charge in [0.25, 0.3) is 10.0 Å². The largest absolute Gasteiger partial charge is 0.325 e. The summed E-state index contributed by atoms with van der Waals surface area (Å²) in [4.78, 5) is 4.14. The predicted molar refractivity (Wildman–Crippen MR) is 63.9 cm³/mol. The van der Waals surface area contributed by atoms with Crippen LogP contribution in [0.4, 0.5) is 0 Å². The molecular formula is C11H13N3O2S. The molecule has 1 aromatic heterocycles. The Labute approximate surface area is 100.0 Å². The minimum absolute atomic E-state index is 0.219. The summed E-state index contributed by atoms with van der Waals surface area (Å²) in [7, 11) is -3.55. The van der Waals surface area contributed by atoms with Gasteiger partial charge in [0, 0.05) is 12.7 Å². The lowest BCUT2D eigenvalue weighted by atomic mass is 10.2. The molecule has 0 unspecified atom stereocenters. The molecule has 17 heavy (non-hydrogen) atoms. The highest BCUT2D eigenvalue weighted by molar-refractivity contribution is 7.90. The maximum Gasteiger partial charge on any atom is 0.268 e. The Morgan fingerprint density at radius 1 is 1.29 bits per heavy atom. The molecular weight excluding hydrogens is 238 g/mol. The molecule has 0 saturated heterocycles. The summed E-state index contributed by atoms with van der Waals surface area (Å²) in [6, 6.07) is 6.67. The zero-order chi connectivity index (χ0) is 12.5. The number of hydrogen-bond acceptors (Lipinski definition) is 4. The summed E-state index contributed by atoms with van der Waals surface area (Å²) < 4.78 is 25.4. The number of aromatic nitrogens is 2. The summed E-state index contributed by atoms with van der Waals surface area (Å²) in [5.74, 6) is 0. The van der Waals surface area contributed by atoms with Crippen molar-refractivity contribution in [1.82, 2.24) is 8.96 Å². The van der Waals surface area contributed by atoms with Gasteiger partial charge in [0.2, 0.25) is 0 Å². The lowest BCUT2D eigenvalue weighted by Crippen LogP contribution is -2.11. The zero-order valence-corrected chi connectivity index (χ0v) is 10.2. The Morgan fingerprint density at radius 3 is 2.47 bits per heavy atom. The van der Waals surface area contributed by atoms with Crippen LogP contribution in [-0.2, 0) is 16.6 Å². The van der Waals surface area contributed by atoms with E-state index < -0.39 is 10.0 Å². The summed E-state index contributed by atoms with van der Waals surface area (Å²) >= 11 is 0. The molecule has 2 rings (SSSR count). The maximum atomic E-state index is 12.2. The van der Waals surface area contributed by atoms with E-state index in [0.717, 1.165) is 9.54 Å². The SMILES string of the molecule is Cc1ccc(S(=O)(=O)n2cnc(CN)c2)cc1. The second kappa shape index (κ2) is 4.31. The fraction of sp³-hybridized carbons (Fsp3) is 0.182. The van der Waals surface area contributed by atoms with Gasteiger partial charge < -0.3 is 5.73 Å². The van der Waals surface area contributed by atoms with Gasteiger partial charge in [-0.2, -0.15) is 0 Å². The van der Waals surface area contributed by atoms with Crippen LogP contribution in [0.3, 0.4) is 0 Å². The van der Waals surface area contributed by atoms with Crippen molar-refractivity contribution in [2.24, 2.45) is 5.73 Å². The molecule has 1 aromatic carbocycles. The topological polar surface area (TPSA) is 78.0 Å². The minimum Gasteiger partial charge on any atom is -0.325 e. The molecule has 0 aliphatic rings. The molecule has 5 nitrogen and oxygen atoms in total. The van der Waals surface area contributed by atoms with Crippen LogP contribution in [0.15, 0.2) is 41.7 Å². The Hall–Kier alpha value is -1.66. The second-order valence-electron chi connectivity index (χ2n) is 3.72. The number of imidazole rings is 1. The van der Waals surface area contributed by atoms with Crippen LogP contribution in [0, 0.1) is 6.92 Å². The monoisotopic (exact) mass is 251 g/mol. The third-order valence-electron chi connectivity index (χ3n) is 2.42. The average Bonchev–Trinajstić information content (AvgIpc) is 2.78. The molecule has 2 aromatic rings. The summed E-state index contributed by atoms with van der Waals surface area (Å²) in [5.41, 5.74) is 6.95. The molecule has 0 aliphatic heterocycles. The molecule has 0 bridgehead atoms. The van der Waals surface area contributed by atoms with Crippen molar-refractivity contribution < 1.29 is 8.42 Å². The summed E-state index contributed by atoms with van der Waals surface area (Å²) in [6.07, 6.45) is 2.69. The Balaban J connectivity index is 2.46. The number of rotatable bonds is 3. The molecule has 2 N–H and O–H groups in total. The molecule has 0 fully saturated rings. The zero-order valence-electron chi connectivity index (χ0n) is 9.37. The number of aryl methyl sites for hydroxylation is 1. The fourth-order valence-electron chi connectivity index (χ4n) is 1.41. The van der Waals surface area contributed by atoms with Crippen molar-refractivity contribution in [3.63, 3.8) is 0 Å². The highest BCUT2D eigenvalue weighted by Gasteiger charge is 2.16. The van der Waals surface area contributed by atoms with Gasteiger partial charge in [-0.1, -0.05) is 17.7 Å². The smallest absolute Gasteiger partial charge is 0.268 e. The Morgan fingerprint density at radius 2 is 1.94 bits per heavy atom. The molecule has 0 aliphatic carbocycles. The molecule has 90 valence electrons. The van der Waals surface area contributed by atoms with Crippen molar-refractivity contribution in [1.29, 1.82) is 0 Å². The molecule has 6 heteroatoms.